The molecule has 1 fully saturated rings. The maximum Gasteiger partial charge on any atom is 0.409 e. The minimum atomic E-state index is -0.186. The van der Waals surface area contributed by atoms with Gasteiger partial charge in [0.15, 0.2) is 0 Å². The summed E-state index contributed by atoms with van der Waals surface area (Å²) < 4.78 is 4.84. The molecule has 1 aliphatic rings. The molecule has 1 aliphatic heterocycles. The Morgan fingerprint density at radius 2 is 2.08 bits per heavy atom. The summed E-state index contributed by atoms with van der Waals surface area (Å²) >= 11 is 0. The molecule has 0 atom stereocenters. The van der Waals surface area contributed by atoms with Crippen LogP contribution in [0.3, 0.4) is 0 Å². The van der Waals surface area contributed by atoms with Gasteiger partial charge in [0.25, 0.3) is 0 Å². The third kappa shape index (κ3) is 3.28. The number of amides is 1. The zero-order chi connectivity index (χ0) is 8.10. The topological polar surface area (TPSA) is 41.6 Å². The van der Waals surface area contributed by atoms with Crippen molar-refractivity contribution in [1.29, 1.82) is 0 Å². The van der Waals surface area contributed by atoms with E-state index in [0.29, 0.717) is 6.61 Å². The number of nitrogens with zero attached hydrogens (tertiary/aromatic N) is 1. The van der Waals surface area contributed by atoms with Gasteiger partial charge in [-0.2, -0.15) is 0 Å². The van der Waals surface area contributed by atoms with Crippen LogP contribution in [0, 0.1) is 0 Å². The van der Waals surface area contributed by atoms with Crippen LogP contribution in [0.25, 0.3) is 0 Å². The number of rotatable bonds is 1. The molecule has 0 aromatic rings. The normalized spacial score (nSPS) is 16.6. The third-order valence-corrected chi connectivity index (χ3v) is 1.64. The van der Waals surface area contributed by atoms with Gasteiger partial charge in [0, 0.05) is 26.2 Å². The Morgan fingerprint density at radius 1 is 1.50 bits per heavy atom. The van der Waals surface area contributed by atoms with Gasteiger partial charge in [-0.15, -0.1) is 0 Å². The fourth-order valence-electron chi connectivity index (χ4n) is 1.06. The summed E-state index contributed by atoms with van der Waals surface area (Å²) in [5.74, 6) is 0. The Hall–Kier alpha value is -0.480. The molecule has 0 aliphatic carbocycles. The molecule has 0 spiro atoms. The lowest BCUT2D eigenvalue weighted by atomic mass is 10.4. The van der Waals surface area contributed by atoms with E-state index in [4.69, 9.17) is 4.74 Å². The van der Waals surface area contributed by atoms with E-state index in [-0.39, 0.29) is 18.5 Å². The van der Waals surface area contributed by atoms with Crippen LogP contribution in [-0.4, -0.2) is 43.8 Å². The van der Waals surface area contributed by atoms with E-state index in [1.54, 1.807) is 4.90 Å². The highest BCUT2D eigenvalue weighted by molar-refractivity contribution is 5.67. The summed E-state index contributed by atoms with van der Waals surface area (Å²) in [5.41, 5.74) is 0. The molecule has 0 saturated carbocycles. The second kappa shape index (κ2) is 6.08. The SMILES string of the molecule is CCOC(=O)N1CCNCC1.[Cl-]. The molecule has 0 aromatic carbocycles. The summed E-state index contributed by atoms with van der Waals surface area (Å²) in [4.78, 5) is 12.8. The van der Waals surface area contributed by atoms with Crippen LogP contribution in [0.1, 0.15) is 6.92 Å². The van der Waals surface area contributed by atoms with E-state index in [1.807, 2.05) is 6.92 Å². The zero-order valence-corrected chi connectivity index (χ0v) is 7.93. The highest BCUT2D eigenvalue weighted by Crippen LogP contribution is 1.95. The maximum absolute atomic E-state index is 11.1. The highest BCUT2D eigenvalue weighted by atomic mass is 35.5. The van der Waals surface area contributed by atoms with Gasteiger partial charge in [-0.25, -0.2) is 4.79 Å². The first-order valence-corrected chi connectivity index (χ1v) is 3.97. The van der Waals surface area contributed by atoms with E-state index in [2.05, 4.69) is 5.32 Å². The minimum Gasteiger partial charge on any atom is -1.00 e. The number of piperazine rings is 1. The molecular weight excluding hydrogens is 180 g/mol. The quantitative estimate of drug-likeness (QED) is 0.485. The summed E-state index contributed by atoms with van der Waals surface area (Å²) in [7, 11) is 0. The molecule has 0 radical (unpaired) electrons. The largest absolute Gasteiger partial charge is 1.00 e. The average molecular weight is 194 g/mol. The highest BCUT2D eigenvalue weighted by Gasteiger charge is 2.15. The molecule has 0 unspecified atom stereocenters. The molecule has 1 heterocycles. The number of carbonyl (C=O) groups is 1. The van der Waals surface area contributed by atoms with E-state index >= 15 is 0 Å². The van der Waals surface area contributed by atoms with Crippen LogP contribution in [0.2, 0.25) is 0 Å². The molecule has 4 nitrogen and oxygen atoms in total. The molecule has 5 heteroatoms. The Morgan fingerprint density at radius 3 is 2.58 bits per heavy atom. The lowest BCUT2D eigenvalue weighted by Gasteiger charge is -2.26. The van der Waals surface area contributed by atoms with E-state index in [1.165, 1.54) is 0 Å². The van der Waals surface area contributed by atoms with Gasteiger partial charge in [0.1, 0.15) is 0 Å². The van der Waals surface area contributed by atoms with Crippen LogP contribution < -0.4 is 17.7 Å². The van der Waals surface area contributed by atoms with E-state index in [9.17, 15) is 4.79 Å². The number of halogens is 1. The molecule has 1 saturated heterocycles. The maximum atomic E-state index is 11.1. The van der Waals surface area contributed by atoms with Crippen LogP contribution in [0.5, 0.6) is 0 Å². The monoisotopic (exact) mass is 193 g/mol. The molecule has 1 rings (SSSR count). The number of ether oxygens (including phenoxy) is 1. The van der Waals surface area contributed by atoms with Gasteiger partial charge in [-0.3, -0.25) is 0 Å². The molecular formula is C7H14ClN2O2-. The Balaban J connectivity index is 0.00000121. The second-order valence-electron chi connectivity index (χ2n) is 2.44. The van der Waals surface area contributed by atoms with Crippen molar-refractivity contribution in [3.05, 3.63) is 0 Å². The Bertz CT molecular complexity index is 137. The summed E-state index contributed by atoms with van der Waals surface area (Å²) in [6, 6.07) is 0. The predicted octanol–water partition coefficient (Wildman–Crippen LogP) is -2.95. The first kappa shape index (κ1) is 11.5. The van der Waals surface area contributed by atoms with Gasteiger partial charge in [-0.05, 0) is 6.92 Å². The van der Waals surface area contributed by atoms with Crippen molar-refractivity contribution >= 4 is 6.09 Å². The number of carbonyl (C=O) groups excluding carboxylic acids is 1. The van der Waals surface area contributed by atoms with Crippen molar-refractivity contribution in [3.63, 3.8) is 0 Å². The number of hydrogen-bond acceptors (Lipinski definition) is 3. The van der Waals surface area contributed by atoms with Crippen molar-refractivity contribution in [2.75, 3.05) is 32.8 Å². The van der Waals surface area contributed by atoms with Crippen molar-refractivity contribution in [3.8, 4) is 0 Å². The zero-order valence-electron chi connectivity index (χ0n) is 7.18. The number of hydrogen-bond donors (Lipinski definition) is 1. The fraction of sp³-hybridized carbons (Fsp3) is 0.857. The first-order valence-electron chi connectivity index (χ1n) is 3.97. The molecule has 72 valence electrons. The average Bonchev–Trinajstić information content (AvgIpc) is 2.07. The van der Waals surface area contributed by atoms with Gasteiger partial charge in [-0.1, -0.05) is 0 Å². The lowest BCUT2D eigenvalue weighted by Crippen LogP contribution is -3.00. The van der Waals surface area contributed by atoms with Crippen molar-refractivity contribution < 1.29 is 21.9 Å². The lowest BCUT2D eigenvalue weighted by molar-refractivity contribution is -0.0000100. The predicted molar refractivity (Wildman–Crippen MR) is 41.5 cm³/mol. The summed E-state index contributed by atoms with van der Waals surface area (Å²) in [6.07, 6.45) is -0.186. The van der Waals surface area contributed by atoms with Crippen molar-refractivity contribution in [2.24, 2.45) is 0 Å². The summed E-state index contributed by atoms with van der Waals surface area (Å²) in [5, 5.41) is 3.16. The third-order valence-electron chi connectivity index (χ3n) is 1.64. The molecule has 1 amide bonds. The van der Waals surface area contributed by atoms with Crippen LogP contribution >= 0.6 is 0 Å². The van der Waals surface area contributed by atoms with Crippen LogP contribution in [-0.2, 0) is 4.74 Å². The van der Waals surface area contributed by atoms with E-state index in [0.717, 1.165) is 26.2 Å². The summed E-state index contributed by atoms with van der Waals surface area (Å²) in [6.45, 7) is 5.55. The second-order valence-corrected chi connectivity index (χ2v) is 2.44. The molecule has 0 bridgehead atoms. The standard InChI is InChI=1S/C7H14N2O2.ClH/c1-2-11-7(10)9-5-3-8-4-6-9;/h8H,2-6H2,1H3;1H/p-1. The fourth-order valence-corrected chi connectivity index (χ4v) is 1.06. The van der Waals surface area contributed by atoms with Gasteiger partial charge < -0.3 is 27.4 Å². The van der Waals surface area contributed by atoms with Crippen molar-refractivity contribution in [1.82, 2.24) is 10.2 Å². The first-order chi connectivity index (χ1) is 5.34. The van der Waals surface area contributed by atoms with Crippen LogP contribution in [0.4, 0.5) is 4.79 Å². The molecule has 12 heavy (non-hydrogen) atoms. The van der Waals surface area contributed by atoms with Gasteiger partial charge in [0.2, 0.25) is 0 Å². The Kier molecular flexibility index (Phi) is 5.84. The molecule has 1 N–H and O–H groups in total. The Labute approximate surface area is 78.7 Å². The van der Waals surface area contributed by atoms with Crippen LogP contribution in [0.15, 0.2) is 0 Å². The van der Waals surface area contributed by atoms with Gasteiger partial charge in [0.05, 0.1) is 6.61 Å². The smallest absolute Gasteiger partial charge is 0.409 e. The van der Waals surface area contributed by atoms with Gasteiger partial charge >= 0.3 is 6.09 Å². The molecule has 0 aromatic heterocycles. The number of nitrogens with one attached hydrogen (secondary N) is 1. The minimum absolute atomic E-state index is 0. The van der Waals surface area contributed by atoms with E-state index < -0.39 is 0 Å². The van der Waals surface area contributed by atoms with Crippen molar-refractivity contribution in [2.45, 2.75) is 6.92 Å².